The van der Waals surface area contributed by atoms with Crippen LogP contribution in [0.15, 0.2) is 18.3 Å². The minimum atomic E-state index is -0.486. The van der Waals surface area contributed by atoms with Gasteiger partial charge in [-0.2, -0.15) is 11.8 Å². The molecule has 1 rings (SSSR count). The molecule has 0 fully saturated rings. The lowest BCUT2D eigenvalue weighted by molar-refractivity contribution is -0.118. The number of rotatable bonds is 7. The second kappa shape index (κ2) is 8.17. The smallest absolute Gasteiger partial charge is 0.242 e. The maximum absolute atomic E-state index is 12.0. The third-order valence-corrected chi connectivity index (χ3v) is 4.05. The zero-order valence-corrected chi connectivity index (χ0v) is 12.7. The van der Waals surface area contributed by atoms with Crippen molar-refractivity contribution in [1.29, 1.82) is 0 Å². The number of anilines is 1. The molecular weight excluding hydrogens is 258 g/mol. The molecule has 0 aliphatic rings. The van der Waals surface area contributed by atoms with Crippen LogP contribution in [-0.2, 0) is 10.5 Å². The van der Waals surface area contributed by atoms with E-state index in [1.165, 1.54) is 0 Å². The molecular formula is C14H23N3OS. The highest BCUT2D eigenvalue weighted by molar-refractivity contribution is 7.98. The van der Waals surface area contributed by atoms with E-state index in [2.05, 4.69) is 17.2 Å². The van der Waals surface area contributed by atoms with Gasteiger partial charge in [0.2, 0.25) is 5.91 Å². The number of carbonyl (C=O) groups excluding carboxylic acids is 1. The number of hydrogen-bond donors (Lipinski definition) is 2. The first kappa shape index (κ1) is 16.0. The largest absolute Gasteiger partial charge is 0.320 e. The molecule has 0 bridgehead atoms. The third kappa shape index (κ3) is 5.20. The standard InChI is InChI=1S/C14H23N3OS/c1-4-10(3)13(15)14(18)17-12-8-11(6-7-16-12)9-19-5-2/h6-8,10,13H,4-5,9,15H2,1-3H3,(H,16,17,18). The normalized spacial score (nSPS) is 13.9. The van der Waals surface area contributed by atoms with Crippen LogP contribution >= 0.6 is 11.8 Å². The summed E-state index contributed by atoms with van der Waals surface area (Å²) in [6.07, 6.45) is 2.60. The SMILES string of the molecule is CCSCc1ccnc(NC(=O)C(N)C(C)CC)c1. The Kier molecular flexibility index (Phi) is 6.87. The van der Waals surface area contributed by atoms with Crippen molar-refractivity contribution in [3.8, 4) is 0 Å². The van der Waals surface area contributed by atoms with Gasteiger partial charge in [0.25, 0.3) is 0 Å². The lowest BCUT2D eigenvalue weighted by atomic mass is 9.99. The number of pyridine rings is 1. The predicted molar refractivity (Wildman–Crippen MR) is 82.1 cm³/mol. The van der Waals surface area contributed by atoms with Gasteiger partial charge in [-0.15, -0.1) is 0 Å². The van der Waals surface area contributed by atoms with Crippen molar-refractivity contribution in [2.45, 2.75) is 39.0 Å². The summed E-state index contributed by atoms with van der Waals surface area (Å²) in [5.41, 5.74) is 7.05. The first-order valence-corrected chi connectivity index (χ1v) is 7.83. The van der Waals surface area contributed by atoms with E-state index in [-0.39, 0.29) is 11.8 Å². The topological polar surface area (TPSA) is 68.0 Å². The van der Waals surface area contributed by atoms with E-state index in [1.807, 2.05) is 37.7 Å². The fourth-order valence-corrected chi connectivity index (χ4v) is 2.19. The second-order valence-corrected chi connectivity index (χ2v) is 5.86. The maximum Gasteiger partial charge on any atom is 0.242 e. The van der Waals surface area contributed by atoms with Gasteiger partial charge in [0.15, 0.2) is 0 Å². The maximum atomic E-state index is 12.0. The molecule has 0 aliphatic heterocycles. The Balaban J connectivity index is 2.63. The Morgan fingerprint density at radius 3 is 2.89 bits per heavy atom. The lowest BCUT2D eigenvalue weighted by Gasteiger charge is -2.17. The van der Waals surface area contributed by atoms with Crippen molar-refractivity contribution >= 4 is 23.5 Å². The molecule has 0 saturated heterocycles. The highest BCUT2D eigenvalue weighted by atomic mass is 32.2. The van der Waals surface area contributed by atoms with Crippen LogP contribution < -0.4 is 11.1 Å². The Morgan fingerprint density at radius 1 is 1.53 bits per heavy atom. The molecule has 106 valence electrons. The summed E-state index contributed by atoms with van der Waals surface area (Å²) in [6.45, 7) is 6.13. The minimum absolute atomic E-state index is 0.165. The Labute approximate surface area is 119 Å². The average molecular weight is 281 g/mol. The fourth-order valence-electron chi connectivity index (χ4n) is 1.57. The summed E-state index contributed by atoms with van der Waals surface area (Å²) in [5, 5.41) is 2.79. The van der Waals surface area contributed by atoms with E-state index < -0.39 is 6.04 Å². The van der Waals surface area contributed by atoms with Crippen LogP contribution in [-0.4, -0.2) is 22.7 Å². The zero-order valence-electron chi connectivity index (χ0n) is 11.8. The van der Waals surface area contributed by atoms with Gasteiger partial charge in [-0.3, -0.25) is 4.79 Å². The summed E-state index contributed by atoms with van der Waals surface area (Å²) < 4.78 is 0. The summed E-state index contributed by atoms with van der Waals surface area (Å²) in [6, 6.07) is 3.39. The van der Waals surface area contributed by atoms with E-state index >= 15 is 0 Å². The summed E-state index contributed by atoms with van der Waals surface area (Å²) >= 11 is 1.84. The van der Waals surface area contributed by atoms with Crippen LogP contribution in [0.2, 0.25) is 0 Å². The Bertz CT molecular complexity index is 411. The fraction of sp³-hybridized carbons (Fsp3) is 0.571. The zero-order chi connectivity index (χ0) is 14.3. The molecule has 0 aliphatic carbocycles. The third-order valence-electron chi connectivity index (χ3n) is 3.11. The molecule has 0 spiro atoms. The van der Waals surface area contributed by atoms with Gasteiger partial charge in [0.05, 0.1) is 6.04 Å². The minimum Gasteiger partial charge on any atom is -0.320 e. The van der Waals surface area contributed by atoms with Crippen LogP contribution in [0.5, 0.6) is 0 Å². The van der Waals surface area contributed by atoms with Crippen molar-refractivity contribution in [3.05, 3.63) is 23.9 Å². The number of carbonyl (C=O) groups is 1. The molecule has 1 heterocycles. The number of nitrogens with zero attached hydrogens (tertiary/aromatic N) is 1. The molecule has 1 aromatic heterocycles. The van der Waals surface area contributed by atoms with Gasteiger partial charge in [0, 0.05) is 11.9 Å². The molecule has 5 heteroatoms. The Morgan fingerprint density at radius 2 is 2.26 bits per heavy atom. The van der Waals surface area contributed by atoms with E-state index in [1.54, 1.807) is 6.20 Å². The molecule has 2 atom stereocenters. The predicted octanol–water partition coefficient (Wildman–Crippen LogP) is 2.65. The van der Waals surface area contributed by atoms with Crippen LogP contribution in [0.3, 0.4) is 0 Å². The van der Waals surface area contributed by atoms with E-state index in [0.717, 1.165) is 23.5 Å². The van der Waals surface area contributed by atoms with Gasteiger partial charge in [-0.25, -0.2) is 4.98 Å². The van der Waals surface area contributed by atoms with E-state index in [0.29, 0.717) is 5.82 Å². The quantitative estimate of drug-likeness (QED) is 0.806. The molecule has 3 N–H and O–H groups in total. The summed E-state index contributed by atoms with van der Waals surface area (Å²) in [4.78, 5) is 16.1. The van der Waals surface area contributed by atoms with Crippen molar-refractivity contribution in [3.63, 3.8) is 0 Å². The molecule has 4 nitrogen and oxygen atoms in total. The van der Waals surface area contributed by atoms with Gasteiger partial charge in [-0.05, 0) is 29.4 Å². The van der Waals surface area contributed by atoms with Crippen molar-refractivity contribution in [2.24, 2.45) is 11.7 Å². The molecule has 0 aromatic carbocycles. The van der Waals surface area contributed by atoms with Crippen LogP contribution in [0.4, 0.5) is 5.82 Å². The second-order valence-electron chi connectivity index (χ2n) is 4.59. The molecule has 0 saturated carbocycles. The van der Waals surface area contributed by atoms with Crippen molar-refractivity contribution in [2.75, 3.05) is 11.1 Å². The number of nitrogens with one attached hydrogen (secondary N) is 1. The van der Waals surface area contributed by atoms with E-state index in [9.17, 15) is 4.79 Å². The highest BCUT2D eigenvalue weighted by Crippen LogP contribution is 2.15. The summed E-state index contributed by atoms with van der Waals surface area (Å²) in [5.74, 6) is 2.58. The van der Waals surface area contributed by atoms with Crippen molar-refractivity contribution < 1.29 is 4.79 Å². The van der Waals surface area contributed by atoms with E-state index in [4.69, 9.17) is 5.73 Å². The summed E-state index contributed by atoms with van der Waals surface area (Å²) in [7, 11) is 0. The van der Waals surface area contributed by atoms with Gasteiger partial charge in [-0.1, -0.05) is 27.2 Å². The molecule has 1 aromatic rings. The monoisotopic (exact) mass is 281 g/mol. The number of hydrogen-bond acceptors (Lipinski definition) is 4. The van der Waals surface area contributed by atoms with Gasteiger partial charge < -0.3 is 11.1 Å². The molecule has 2 unspecified atom stereocenters. The molecule has 0 radical (unpaired) electrons. The highest BCUT2D eigenvalue weighted by Gasteiger charge is 2.19. The number of nitrogens with two attached hydrogens (primary N) is 1. The number of amides is 1. The van der Waals surface area contributed by atoms with Gasteiger partial charge in [0.1, 0.15) is 5.82 Å². The number of thioether (sulfide) groups is 1. The van der Waals surface area contributed by atoms with Crippen molar-refractivity contribution in [1.82, 2.24) is 4.98 Å². The van der Waals surface area contributed by atoms with Crippen LogP contribution in [0.1, 0.15) is 32.8 Å². The molecule has 19 heavy (non-hydrogen) atoms. The van der Waals surface area contributed by atoms with Gasteiger partial charge >= 0.3 is 0 Å². The average Bonchev–Trinajstić information content (AvgIpc) is 2.43. The lowest BCUT2D eigenvalue weighted by Crippen LogP contribution is -2.40. The van der Waals surface area contributed by atoms with Crippen LogP contribution in [0.25, 0.3) is 0 Å². The van der Waals surface area contributed by atoms with Crippen LogP contribution in [0, 0.1) is 5.92 Å². The molecule has 1 amide bonds. The Hall–Kier alpha value is -1.07. The first-order chi connectivity index (χ1) is 9.08. The number of aromatic nitrogens is 1. The first-order valence-electron chi connectivity index (χ1n) is 6.67.